The minimum Gasteiger partial charge on any atom is -0.371 e. The molecule has 1 fully saturated rings. The number of nitrogens with one attached hydrogen (secondary N) is 1. The summed E-state index contributed by atoms with van der Waals surface area (Å²) in [6.45, 7) is 2.04. The van der Waals surface area contributed by atoms with E-state index in [2.05, 4.69) is 5.32 Å². The van der Waals surface area contributed by atoms with Crippen LogP contribution in [0.2, 0.25) is 0 Å². The maximum atomic E-state index is 13.7. The number of carbonyl (C=O) groups excluding carboxylic acids is 2. The summed E-state index contributed by atoms with van der Waals surface area (Å²) in [7, 11) is 0. The predicted octanol–water partition coefficient (Wildman–Crippen LogP) is 3.13. The van der Waals surface area contributed by atoms with E-state index in [0.29, 0.717) is 5.69 Å². The van der Waals surface area contributed by atoms with Gasteiger partial charge in [0.05, 0.1) is 17.8 Å². The molecule has 4 nitrogen and oxygen atoms in total. The Balaban J connectivity index is 1.80. The molecule has 0 saturated carbocycles. The van der Waals surface area contributed by atoms with Gasteiger partial charge in [-0.05, 0) is 36.2 Å². The average Bonchev–Trinajstić information content (AvgIpc) is 2.84. The van der Waals surface area contributed by atoms with Crippen LogP contribution in [0.3, 0.4) is 0 Å². The van der Waals surface area contributed by atoms with Crippen LogP contribution >= 0.6 is 0 Å². The van der Waals surface area contributed by atoms with E-state index in [1.54, 1.807) is 30.3 Å². The molecule has 0 spiro atoms. The molecule has 0 bridgehead atoms. The van der Waals surface area contributed by atoms with E-state index >= 15 is 0 Å². The molecular formula is C18H17FN2O2. The highest BCUT2D eigenvalue weighted by molar-refractivity contribution is 6.23. The Morgan fingerprint density at radius 2 is 1.83 bits per heavy atom. The maximum Gasteiger partial charge on any atom is 0.256 e. The molecule has 118 valence electrons. The van der Waals surface area contributed by atoms with Crippen molar-refractivity contribution in [3.63, 3.8) is 0 Å². The van der Waals surface area contributed by atoms with Gasteiger partial charge in [0, 0.05) is 0 Å². The van der Waals surface area contributed by atoms with Crippen molar-refractivity contribution in [2.75, 3.05) is 10.2 Å². The second kappa shape index (κ2) is 6.20. The van der Waals surface area contributed by atoms with Gasteiger partial charge >= 0.3 is 0 Å². The number of hydrogen-bond acceptors (Lipinski definition) is 3. The van der Waals surface area contributed by atoms with E-state index in [4.69, 9.17) is 0 Å². The van der Waals surface area contributed by atoms with Crippen molar-refractivity contribution < 1.29 is 14.0 Å². The third-order valence-corrected chi connectivity index (χ3v) is 3.95. The van der Waals surface area contributed by atoms with E-state index in [9.17, 15) is 14.0 Å². The number of halogens is 1. The highest BCUT2D eigenvalue weighted by Gasteiger charge is 2.39. The van der Waals surface area contributed by atoms with Gasteiger partial charge in [-0.15, -0.1) is 0 Å². The summed E-state index contributed by atoms with van der Waals surface area (Å²) in [5, 5.41) is 2.82. The van der Waals surface area contributed by atoms with Gasteiger partial charge in [-0.1, -0.05) is 31.2 Å². The molecule has 1 saturated heterocycles. The smallest absolute Gasteiger partial charge is 0.256 e. The Hall–Kier alpha value is -2.69. The summed E-state index contributed by atoms with van der Waals surface area (Å²) in [6, 6.07) is 12.7. The summed E-state index contributed by atoms with van der Waals surface area (Å²) >= 11 is 0. The van der Waals surface area contributed by atoms with Crippen LogP contribution in [0, 0.1) is 5.82 Å². The first-order chi connectivity index (χ1) is 11.1. The molecule has 1 atom stereocenters. The van der Waals surface area contributed by atoms with E-state index in [-0.39, 0.29) is 23.9 Å². The van der Waals surface area contributed by atoms with Gasteiger partial charge < -0.3 is 5.32 Å². The second-order valence-electron chi connectivity index (χ2n) is 5.47. The lowest BCUT2D eigenvalue weighted by Gasteiger charge is -2.16. The summed E-state index contributed by atoms with van der Waals surface area (Å²) in [5.41, 5.74) is 1.91. The number of hydrogen-bond donors (Lipinski definition) is 1. The largest absolute Gasteiger partial charge is 0.371 e. The summed E-state index contributed by atoms with van der Waals surface area (Å²) in [5.74, 6) is -1.09. The van der Waals surface area contributed by atoms with Gasteiger partial charge in [0.15, 0.2) is 0 Å². The number of aryl methyl sites for hydroxylation is 1. The minimum absolute atomic E-state index is 0.0166. The summed E-state index contributed by atoms with van der Waals surface area (Å²) in [4.78, 5) is 25.9. The van der Waals surface area contributed by atoms with Crippen LogP contribution in [0.25, 0.3) is 0 Å². The van der Waals surface area contributed by atoms with Gasteiger partial charge in [-0.25, -0.2) is 9.29 Å². The van der Waals surface area contributed by atoms with E-state index in [1.165, 1.54) is 6.07 Å². The number of imide groups is 1. The topological polar surface area (TPSA) is 49.4 Å². The average molecular weight is 312 g/mol. The quantitative estimate of drug-likeness (QED) is 0.882. The fourth-order valence-electron chi connectivity index (χ4n) is 2.66. The molecule has 5 heteroatoms. The van der Waals surface area contributed by atoms with Gasteiger partial charge in [0.25, 0.3) is 5.91 Å². The minimum atomic E-state index is -0.745. The summed E-state index contributed by atoms with van der Waals surface area (Å²) in [6.07, 6.45) is 0.905. The van der Waals surface area contributed by atoms with Crippen molar-refractivity contribution in [2.45, 2.75) is 25.8 Å². The van der Waals surface area contributed by atoms with Crippen molar-refractivity contribution in [3.05, 3.63) is 59.9 Å². The molecule has 1 unspecified atom stereocenters. The number of carbonyl (C=O) groups is 2. The highest BCUT2D eigenvalue weighted by Crippen LogP contribution is 2.26. The standard InChI is InChI=1S/C18H17FN2O2/c1-2-12-7-9-13(10-8-12)21-17(22)11-16(18(21)23)20-15-6-4-3-5-14(15)19/h3-10,16,20H,2,11H2,1H3. The molecule has 3 rings (SSSR count). The van der Waals surface area contributed by atoms with Crippen molar-refractivity contribution in [1.82, 2.24) is 0 Å². The van der Waals surface area contributed by atoms with Crippen LogP contribution in [0.1, 0.15) is 18.9 Å². The normalized spacial score (nSPS) is 17.7. The Morgan fingerprint density at radius 3 is 2.48 bits per heavy atom. The number of nitrogens with zero attached hydrogens (tertiary/aromatic N) is 1. The van der Waals surface area contributed by atoms with Gasteiger partial charge in [-0.3, -0.25) is 9.59 Å². The van der Waals surface area contributed by atoms with Crippen LogP contribution < -0.4 is 10.2 Å². The zero-order valence-electron chi connectivity index (χ0n) is 12.8. The number of benzene rings is 2. The number of para-hydroxylation sites is 1. The van der Waals surface area contributed by atoms with Crippen LogP contribution in [0.15, 0.2) is 48.5 Å². The fraction of sp³-hybridized carbons (Fsp3) is 0.222. The lowest BCUT2D eigenvalue weighted by molar-refractivity contribution is -0.121. The molecular weight excluding hydrogens is 295 g/mol. The van der Waals surface area contributed by atoms with Crippen LogP contribution in [0.5, 0.6) is 0 Å². The molecule has 1 N–H and O–H groups in total. The summed E-state index contributed by atoms with van der Waals surface area (Å²) < 4.78 is 13.7. The first kappa shape index (κ1) is 15.2. The van der Waals surface area contributed by atoms with Crippen LogP contribution in [-0.2, 0) is 16.0 Å². The Bertz CT molecular complexity index is 743. The first-order valence-corrected chi connectivity index (χ1v) is 7.57. The lowest BCUT2D eigenvalue weighted by atomic mass is 10.1. The molecule has 1 aliphatic heterocycles. The van der Waals surface area contributed by atoms with E-state index < -0.39 is 11.9 Å². The highest BCUT2D eigenvalue weighted by atomic mass is 19.1. The molecule has 0 aromatic heterocycles. The lowest BCUT2D eigenvalue weighted by Crippen LogP contribution is -2.34. The molecule has 1 heterocycles. The van der Waals surface area contributed by atoms with Gasteiger partial charge in [0.1, 0.15) is 11.9 Å². The molecule has 0 radical (unpaired) electrons. The van der Waals surface area contributed by atoms with E-state index in [1.807, 2.05) is 19.1 Å². The zero-order chi connectivity index (χ0) is 16.4. The van der Waals surface area contributed by atoms with Crippen LogP contribution in [0.4, 0.5) is 15.8 Å². The number of amides is 2. The second-order valence-corrected chi connectivity index (χ2v) is 5.47. The van der Waals surface area contributed by atoms with Gasteiger partial charge in [-0.2, -0.15) is 0 Å². The van der Waals surface area contributed by atoms with Gasteiger partial charge in [0.2, 0.25) is 5.91 Å². The predicted molar refractivity (Wildman–Crippen MR) is 86.7 cm³/mol. The van der Waals surface area contributed by atoms with Crippen molar-refractivity contribution >= 4 is 23.2 Å². The Labute approximate surface area is 133 Å². The van der Waals surface area contributed by atoms with Crippen molar-refractivity contribution in [3.8, 4) is 0 Å². The number of anilines is 2. The molecule has 1 aliphatic rings. The molecule has 2 amide bonds. The van der Waals surface area contributed by atoms with E-state index in [0.717, 1.165) is 16.9 Å². The third-order valence-electron chi connectivity index (χ3n) is 3.95. The monoisotopic (exact) mass is 312 g/mol. The Morgan fingerprint density at radius 1 is 1.13 bits per heavy atom. The molecule has 2 aromatic carbocycles. The maximum absolute atomic E-state index is 13.7. The first-order valence-electron chi connectivity index (χ1n) is 7.57. The fourth-order valence-corrected chi connectivity index (χ4v) is 2.66. The SMILES string of the molecule is CCc1ccc(N2C(=O)CC(Nc3ccccc3F)C2=O)cc1. The molecule has 0 aliphatic carbocycles. The van der Waals surface area contributed by atoms with Crippen molar-refractivity contribution in [2.24, 2.45) is 0 Å². The zero-order valence-corrected chi connectivity index (χ0v) is 12.8. The molecule has 2 aromatic rings. The molecule has 23 heavy (non-hydrogen) atoms. The van der Waals surface area contributed by atoms with Crippen LogP contribution in [-0.4, -0.2) is 17.9 Å². The third kappa shape index (κ3) is 2.95. The van der Waals surface area contributed by atoms with Crippen molar-refractivity contribution in [1.29, 1.82) is 0 Å². The number of rotatable bonds is 4. The Kier molecular flexibility index (Phi) is 4.10.